The molecule has 6 heteroatoms. The molecule has 0 spiro atoms. The third-order valence-electron chi connectivity index (χ3n) is 4.61. The normalized spacial score (nSPS) is 11.1. The molecule has 1 amide bonds. The molecule has 1 N–H and O–H groups in total. The van der Waals surface area contributed by atoms with Crippen LogP contribution in [0.3, 0.4) is 0 Å². The third-order valence-corrected chi connectivity index (χ3v) is 5.70. The van der Waals surface area contributed by atoms with Crippen LogP contribution in [0.25, 0.3) is 31.8 Å². The van der Waals surface area contributed by atoms with E-state index in [1.165, 1.54) is 0 Å². The second-order valence-corrected chi connectivity index (χ2v) is 7.54. The van der Waals surface area contributed by atoms with E-state index in [2.05, 4.69) is 16.4 Å². The van der Waals surface area contributed by atoms with E-state index in [0.29, 0.717) is 17.0 Å². The first kappa shape index (κ1) is 17.5. The highest BCUT2D eigenvalue weighted by Gasteiger charge is 2.15. The molecule has 0 bridgehead atoms. The minimum absolute atomic E-state index is 0.231. The van der Waals surface area contributed by atoms with Crippen LogP contribution in [0.2, 0.25) is 0 Å². The summed E-state index contributed by atoms with van der Waals surface area (Å²) >= 11 is 1.63. The number of benzene rings is 3. The first-order valence-electron chi connectivity index (χ1n) is 9.05. The van der Waals surface area contributed by atoms with Gasteiger partial charge in [-0.2, -0.15) is 0 Å². The molecule has 0 unspecified atom stereocenters. The number of furan rings is 1. The van der Waals surface area contributed by atoms with Gasteiger partial charge in [-0.05, 0) is 36.4 Å². The molecule has 0 radical (unpaired) electrons. The van der Waals surface area contributed by atoms with Crippen molar-refractivity contribution in [1.82, 2.24) is 4.98 Å². The summed E-state index contributed by atoms with van der Waals surface area (Å²) < 4.78 is 12.2. The van der Waals surface area contributed by atoms with Crippen molar-refractivity contribution in [2.75, 3.05) is 12.4 Å². The van der Waals surface area contributed by atoms with Gasteiger partial charge in [0.15, 0.2) is 17.1 Å². The predicted molar refractivity (Wildman–Crippen MR) is 116 cm³/mol. The lowest BCUT2D eigenvalue weighted by Gasteiger charge is -2.05. The fourth-order valence-corrected chi connectivity index (χ4v) is 4.19. The Morgan fingerprint density at radius 3 is 2.76 bits per heavy atom. The molecule has 0 saturated heterocycles. The molecule has 5 nitrogen and oxygen atoms in total. The Morgan fingerprint density at radius 1 is 1.03 bits per heavy atom. The summed E-state index contributed by atoms with van der Waals surface area (Å²) in [7, 11) is 1.57. The molecule has 142 valence electrons. The monoisotopic (exact) mass is 400 g/mol. The molecule has 2 aromatic heterocycles. The van der Waals surface area contributed by atoms with Crippen molar-refractivity contribution in [3.8, 4) is 16.3 Å². The number of ether oxygens (including phenoxy) is 1. The van der Waals surface area contributed by atoms with Crippen LogP contribution < -0.4 is 10.1 Å². The fourth-order valence-electron chi connectivity index (χ4n) is 3.23. The molecular weight excluding hydrogens is 384 g/mol. The van der Waals surface area contributed by atoms with Crippen molar-refractivity contribution in [3.63, 3.8) is 0 Å². The van der Waals surface area contributed by atoms with Crippen molar-refractivity contribution >= 4 is 44.1 Å². The van der Waals surface area contributed by atoms with Gasteiger partial charge in [0.2, 0.25) is 0 Å². The summed E-state index contributed by atoms with van der Waals surface area (Å²) in [5.74, 6) is 0.513. The summed E-state index contributed by atoms with van der Waals surface area (Å²) in [6.45, 7) is 0. The largest absolute Gasteiger partial charge is 0.493 e. The van der Waals surface area contributed by atoms with E-state index in [4.69, 9.17) is 9.15 Å². The SMILES string of the molecule is COc1cccc2cc(C(=O)Nc3cccc(-c4nc5ccccc5s4)c3)oc12. The lowest BCUT2D eigenvalue weighted by atomic mass is 10.2. The van der Waals surface area contributed by atoms with E-state index in [1.54, 1.807) is 30.6 Å². The van der Waals surface area contributed by atoms with Gasteiger partial charge in [0.05, 0.1) is 17.3 Å². The second kappa shape index (κ2) is 7.07. The van der Waals surface area contributed by atoms with E-state index >= 15 is 0 Å². The maximum absolute atomic E-state index is 12.7. The van der Waals surface area contributed by atoms with Gasteiger partial charge >= 0.3 is 0 Å². The summed E-state index contributed by atoms with van der Waals surface area (Å²) in [5.41, 5.74) is 3.16. The Labute approximate surface area is 170 Å². The van der Waals surface area contributed by atoms with Gasteiger partial charge in [0, 0.05) is 16.6 Å². The predicted octanol–water partition coefficient (Wildman–Crippen LogP) is 5.97. The third kappa shape index (κ3) is 3.23. The van der Waals surface area contributed by atoms with Gasteiger partial charge in [0.25, 0.3) is 5.91 Å². The maximum Gasteiger partial charge on any atom is 0.291 e. The number of rotatable bonds is 4. The van der Waals surface area contributed by atoms with Crippen LogP contribution in [0, 0.1) is 0 Å². The molecule has 0 aliphatic heterocycles. The average molecular weight is 400 g/mol. The molecule has 0 atom stereocenters. The molecule has 5 rings (SSSR count). The number of carbonyl (C=O) groups is 1. The molecule has 0 fully saturated rings. The zero-order valence-corrected chi connectivity index (χ0v) is 16.3. The van der Waals surface area contributed by atoms with E-state index in [-0.39, 0.29) is 11.7 Å². The van der Waals surface area contributed by atoms with Crippen molar-refractivity contribution in [1.29, 1.82) is 0 Å². The first-order chi connectivity index (χ1) is 14.2. The van der Waals surface area contributed by atoms with E-state index in [0.717, 1.165) is 26.2 Å². The fraction of sp³-hybridized carbons (Fsp3) is 0.0435. The maximum atomic E-state index is 12.7. The molecular formula is C23H16N2O3S. The Bertz CT molecular complexity index is 1320. The lowest BCUT2D eigenvalue weighted by Crippen LogP contribution is -2.10. The van der Waals surface area contributed by atoms with Gasteiger partial charge < -0.3 is 14.5 Å². The average Bonchev–Trinajstić information content (AvgIpc) is 3.38. The number of carbonyl (C=O) groups excluding carboxylic acids is 1. The number of nitrogens with one attached hydrogen (secondary N) is 1. The quantitative estimate of drug-likeness (QED) is 0.404. The second-order valence-electron chi connectivity index (χ2n) is 6.51. The van der Waals surface area contributed by atoms with Crippen LogP contribution in [-0.2, 0) is 0 Å². The zero-order chi connectivity index (χ0) is 19.8. The van der Waals surface area contributed by atoms with Crippen LogP contribution >= 0.6 is 11.3 Å². The number of methoxy groups -OCH3 is 1. The van der Waals surface area contributed by atoms with Crippen LogP contribution in [0.1, 0.15) is 10.6 Å². The van der Waals surface area contributed by atoms with Crippen LogP contribution in [0.5, 0.6) is 5.75 Å². The van der Waals surface area contributed by atoms with Crippen molar-refractivity contribution in [2.45, 2.75) is 0 Å². The number of amides is 1. The molecule has 2 heterocycles. The Kier molecular flexibility index (Phi) is 4.26. The smallest absolute Gasteiger partial charge is 0.291 e. The van der Waals surface area contributed by atoms with E-state index in [1.807, 2.05) is 54.6 Å². The highest BCUT2D eigenvalue weighted by Crippen LogP contribution is 2.32. The molecule has 29 heavy (non-hydrogen) atoms. The van der Waals surface area contributed by atoms with Gasteiger partial charge in [-0.25, -0.2) is 4.98 Å². The number of hydrogen-bond acceptors (Lipinski definition) is 5. The van der Waals surface area contributed by atoms with Crippen molar-refractivity contribution < 1.29 is 13.9 Å². The summed E-state index contributed by atoms with van der Waals surface area (Å²) in [6, 6.07) is 22.9. The molecule has 0 aliphatic carbocycles. The minimum Gasteiger partial charge on any atom is -0.493 e. The lowest BCUT2D eigenvalue weighted by molar-refractivity contribution is 0.0998. The van der Waals surface area contributed by atoms with Gasteiger partial charge in [-0.15, -0.1) is 11.3 Å². The van der Waals surface area contributed by atoms with E-state index in [9.17, 15) is 4.79 Å². The summed E-state index contributed by atoms with van der Waals surface area (Å²) in [6.07, 6.45) is 0. The van der Waals surface area contributed by atoms with Crippen LogP contribution in [0.4, 0.5) is 5.69 Å². The molecule has 0 saturated carbocycles. The first-order valence-corrected chi connectivity index (χ1v) is 9.87. The number of nitrogens with zero attached hydrogens (tertiary/aromatic N) is 1. The number of aromatic nitrogens is 1. The number of hydrogen-bond donors (Lipinski definition) is 1. The van der Waals surface area contributed by atoms with Gasteiger partial charge in [-0.3, -0.25) is 4.79 Å². The Hall–Kier alpha value is -3.64. The summed E-state index contributed by atoms with van der Waals surface area (Å²) in [5, 5.41) is 4.63. The van der Waals surface area contributed by atoms with Crippen LogP contribution in [0.15, 0.2) is 77.2 Å². The minimum atomic E-state index is -0.315. The number of thiazole rings is 1. The van der Waals surface area contributed by atoms with Crippen LogP contribution in [-0.4, -0.2) is 18.0 Å². The molecule has 0 aliphatic rings. The Balaban J connectivity index is 1.43. The number of para-hydroxylation sites is 2. The standard InChI is InChI=1S/C23H16N2O3S/c1-27-18-10-5-6-14-13-19(28-21(14)18)22(26)24-16-8-4-7-15(12-16)23-25-17-9-2-3-11-20(17)29-23/h2-13H,1H3,(H,24,26). The zero-order valence-electron chi connectivity index (χ0n) is 15.5. The summed E-state index contributed by atoms with van der Waals surface area (Å²) in [4.78, 5) is 17.4. The van der Waals surface area contributed by atoms with E-state index < -0.39 is 0 Å². The Morgan fingerprint density at radius 2 is 1.90 bits per heavy atom. The molecule has 5 aromatic rings. The highest BCUT2D eigenvalue weighted by molar-refractivity contribution is 7.21. The van der Waals surface area contributed by atoms with Crippen molar-refractivity contribution in [2.24, 2.45) is 0 Å². The topological polar surface area (TPSA) is 64.4 Å². The van der Waals surface area contributed by atoms with Gasteiger partial charge in [-0.1, -0.05) is 36.4 Å². The highest BCUT2D eigenvalue weighted by atomic mass is 32.1. The molecule has 3 aromatic carbocycles. The number of fused-ring (bicyclic) bond motifs is 2. The van der Waals surface area contributed by atoms with Crippen molar-refractivity contribution in [3.05, 3.63) is 78.6 Å². The van der Waals surface area contributed by atoms with Gasteiger partial charge in [0.1, 0.15) is 5.01 Å². The number of anilines is 1.